The minimum Gasteiger partial charge on any atom is -0.390 e. The summed E-state index contributed by atoms with van der Waals surface area (Å²) >= 11 is 0. The van der Waals surface area contributed by atoms with Crippen LogP contribution in [0.3, 0.4) is 0 Å². The van der Waals surface area contributed by atoms with Crippen molar-refractivity contribution in [2.75, 3.05) is 6.61 Å². The van der Waals surface area contributed by atoms with Crippen molar-refractivity contribution < 1.29 is 9.84 Å². The molecule has 2 nitrogen and oxygen atoms in total. The molecule has 1 heterocycles. The molecule has 0 bridgehead atoms. The molecule has 0 amide bonds. The molecule has 0 unspecified atom stereocenters. The number of aliphatic hydroxyl groups excluding tert-OH is 1. The van der Waals surface area contributed by atoms with Crippen LogP contribution in [0.4, 0.5) is 0 Å². The molecule has 0 aliphatic carbocycles. The van der Waals surface area contributed by atoms with Gasteiger partial charge in [0.05, 0.1) is 12.2 Å². The minimum atomic E-state index is -0.215. The summed E-state index contributed by atoms with van der Waals surface area (Å²) in [6, 6.07) is 0. The third-order valence-electron chi connectivity index (χ3n) is 2.06. The number of hydrogen-bond acceptors (Lipinski definition) is 2. The Bertz CT molecular complexity index is 93.3. The van der Waals surface area contributed by atoms with E-state index in [0.717, 1.165) is 32.3 Å². The van der Waals surface area contributed by atoms with E-state index in [1.165, 1.54) is 0 Å². The van der Waals surface area contributed by atoms with Gasteiger partial charge in [0.2, 0.25) is 0 Å². The molecule has 0 aromatic carbocycles. The van der Waals surface area contributed by atoms with Gasteiger partial charge in [-0.15, -0.1) is 0 Å². The van der Waals surface area contributed by atoms with E-state index in [-0.39, 0.29) is 12.2 Å². The van der Waals surface area contributed by atoms with Gasteiger partial charge in [0.25, 0.3) is 0 Å². The standard InChI is InChI=1S/C8H16O2/c1-2-8-7(9)5-3-4-6-10-8/h7-9H,2-6H2,1H3/t7-,8-/m1/s1. The molecular formula is C8H16O2. The van der Waals surface area contributed by atoms with E-state index in [1.807, 2.05) is 0 Å². The van der Waals surface area contributed by atoms with Gasteiger partial charge in [-0.05, 0) is 25.7 Å². The Morgan fingerprint density at radius 3 is 3.00 bits per heavy atom. The summed E-state index contributed by atoms with van der Waals surface area (Å²) < 4.78 is 5.41. The van der Waals surface area contributed by atoms with Crippen molar-refractivity contribution in [2.45, 2.75) is 44.8 Å². The van der Waals surface area contributed by atoms with Crippen molar-refractivity contribution in [2.24, 2.45) is 0 Å². The van der Waals surface area contributed by atoms with Crippen LogP contribution in [0, 0.1) is 0 Å². The first-order chi connectivity index (χ1) is 4.84. The fourth-order valence-corrected chi connectivity index (χ4v) is 1.38. The van der Waals surface area contributed by atoms with Gasteiger partial charge in [-0.1, -0.05) is 6.92 Å². The zero-order valence-corrected chi connectivity index (χ0v) is 6.55. The van der Waals surface area contributed by atoms with Gasteiger partial charge >= 0.3 is 0 Å². The highest BCUT2D eigenvalue weighted by Gasteiger charge is 2.19. The number of hydrogen-bond donors (Lipinski definition) is 1. The molecule has 0 aromatic heterocycles. The van der Waals surface area contributed by atoms with Crippen LogP contribution in [-0.4, -0.2) is 23.9 Å². The Morgan fingerprint density at radius 2 is 2.30 bits per heavy atom. The van der Waals surface area contributed by atoms with Gasteiger partial charge in [0.15, 0.2) is 0 Å². The fraction of sp³-hybridized carbons (Fsp3) is 1.00. The first-order valence-electron chi connectivity index (χ1n) is 4.14. The SMILES string of the molecule is CC[C@H]1OCCCC[C@H]1O. The normalized spacial score (nSPS) is 35.4. The summed E-state index contributed by atoms with van der Waals surface area (Å²) in [6.45, 7) is 2.88. The minimum absolute atomic E-state index is 0.0995. The van der Waals surface area contributed by atoms with Crippen molar-refractivity contribution in [3.05, 3.63) is 0 Å². The molecule has 1 saturated heterocycles. The summed E-state index contributed by atoms with van der Waals surface area (Å²) in [4.78, 5) is 0. The Labute approximate surface area is 62.2 Å². The summed E-state index contributed by atoms with van der Waals surface area (Å²) in [5, 5.41) is 9.42. The van der Waals surface area contributed by atoms with Gasteiger partial charge in [-0.2, -0.15) is 0 Å². The molecule has 0 aromatic rings. The highest BCUT2D eigenvalue weighted by molar-refractivity contribution is 4.70. The first-order valence-corrected chi connectivity index (χ1v) is 4.14. The molecule has 0 saturated carbocycles. The molecule has 10 heavy (non-hydrogen) atoms. The van der Waals surface area contributed by atoms with Gasteiger partial charge in [-0.3, -0.25) is 0 Å². The molecule has 0 radical (unpaired) electrons. The lowest BCUT2D eigenvalue weighted by Crippen LogP contribution is -2.26. The van der Waals surface area contributed by atoms with Crippen molar-refractivity contribution in [1.29, 1.82) is 0 Å². The molecule has 1 N–H and O–H groups in total. The van der Waals surface area contributed by atoms with Crippen LogP contribution >= 0.6 is 0 Å². The average molecular weight is 144 g/mol. The molecule has 60 valence electrons. The van der Waals surface area contributed by atoms with Crippen molar-refractivity contribution >= 4 is 0 Å². The van der Waals surface area contributed by atoms with Crippen LogP contribution < -0.4 is 0 Å². The largest absolute Gasteiger partial charge is 0.390 e. The van der Waals surface area contributed by atoms with E-state index in [2.05, 4.69) is 6.92 Å². The fourth-order valence-electron chi connectivity index (χ4n) is 1.38. The second-order valence-electron chi connectivity index (χ2n) is 2.88. The maximum atomic E-state index is 9.42. The Balaban J connectivity index is 2.35. The lowest BCUT2D eigenvalue weighted by atomic mass is 10.1. The predicted octanol–water partition coefficient (Wildman–Crippen LogP) is 1.33. The highest BCUT2D eigenvalue weighted by Crippen LogP contribution is 2.15. The van der Waals surface area contributed by atoms with E-state index in [1.54, 1.807) is 0 Å². The van der Waals surface area contributed by atoms with Crippen LogP contribution in [0.2, 0.25) is 0 Å². The maximum absolute atomic E-state index is 9.42. The highest BCUT2D eigenvalue weighted by atomic mass is 16.5. The third kappa shape index (κ3) is 1.96. The number of ether oxygens (including phenoxy) is 1. The first kappa shape index (κ1) is 8.02. The van der Waals surface area contributed by atoms with E-state index < -0.39 is 0 Å². The monoisotopic (exact) mass is 144 g/mol. The Morgan fingerprint density at radius 1 is 1.50 bits per heavy atom. The molecule has 1 aliphatic rings. The molecule has 0 spiro atoms. The van der Waals surface area contributed by atoms with Crippen LogP contribution in [0.25, 0.3) is 0 Å². The van der Waals surface area contributed by atoms with Crippen molar-refractivity contribution in [1.82, 2.24) is 0 Å². The van der Waals surface area contributed by atoms with E-state index in [9.17, 15) is 5.11 Å². The van der Waals surface area contributed by atoms with E-state index >= 15 is 0 Å². The quantitative estimate of drug-likeness (QED) is 0.601. The van der Waals surface area contributed by atoms with Crippen molar-refractivity contribution in [3.8, 4) is 0 Å². The summed E-state index contributed by atoms with van der Waals surface area (Å²) in [5.74, 6) is 0. The molecular weight excluding hydrogens is 128 g/mol. The third-order valence-corrected chi connectivity index (χ3v) is 2.06. The van der Waals surface area contributed by atoms with Crippen molar-refractivity contribution in [3.63, 3.8) is 0 Å². The van der Waals surface area contributed by atoms with Crippen LogP contribution in [0.5, 0.6) is 0 Å². The van der Waals surface area contributed by atoms with E-state index in [0.29, 0.717) is 0 Å². The van der Waals surface area contributed by atoms with Crippen LogP contribution in [0.15, 0.2) is 0 Å². The smallest absolute Gasteiger partial charge is 0.0831 e. The maximum Gasteiger partial charge on any atom is 0.0831 e. The molecule has 1 fully saturated rings. The molecule has 2 atom stereocenters. The average Bonchev–Trinajstić information content (AvgIpc) is 2.13. The Hall–Kier alpha value is -0.0800. The molecule has 1 aliphatic heterocycles. The second kappa shape index (κ2) is 3.94. The number of aliphatic hydroxyl groups is 1. The zero-order chi connectivity index (χ0) is 7.40. The van der Waals surface area contributed by atoms with Gasteiger partial charge in [-0.25, -0.2) is 0 Å². The lowest BCUT2D eigenvalue weighted by molar-refractivity contribution is -0.0266. The van der Waals surface area contributed by atoms with Crippen LogP contribution in [0.1, 0.15) is 32.6 Å². The van der Waals surface area contributed by atoms with Gasteiger partial charge in [0.1, 0.15) is 0 Å². The lowest BCUT2D eigenvalue weighted by Gasteiger charge is -2.17. The van der Waals surface area contributed by atoms with Gasteiger partial charge < -0.3 is 9.84 Å². The summed E-state index contributed by atoms with van der Waals surface area (Å²) in [7, 11) is 0. The topological polar surface area (TPSA) is 29.5 Å². The Kier molecular flexibility index (Phi) is 3.16. The summed E-state index contributed by atoms with van der Waals surface area (Å²) in [5.41, 5.74) is 0. The summed E-state index contributed by atoms with van der Waals surface area (Å²) in [6.07, 6.45) is 3.94. The predicted molar refractivity (Wildman–Crippen MR) is 39.9 cm³/mol. The van der Waals surface area contributed by atoms with Gasteiger partial charge in [0, 0.05) is 6.61 Å². The number of rotatable bonds is 1. The molecule has 1 rings (SSSR count). The second-order valence-corrected chi connectivity index (χ2v) is 2.88. The van der Waals surface area contributed by atoms with E-state index in [4.69, 9.17) is 4.74 Å². The molecule has 2 heteroatoms. The zero-order valence-electron chi connectivity index (χ0n) is 6.55. The van der Waals surface area contributed by atoms with Crippen LogP contribution in [-0.2, 0) is 4.74 Å².